The van der Waals surface area contributed by atoms with Gasteiger partial charge in [-0.25, -0.2) is 4.98 Å². The Hall–Kier alpha value is -4.25. The lowest BCUT2D eigenvalue weighted by Gasteiger charge is -2.36. The van der Waals surface area contributed by atoms with Gasteiger partial charge < -0.3 is 25.3 Å². The van der Waals surface area contributed by atoms with Gasteiger partial charge in [0.15, 0.2) is 0 Å². The molecule has 0 spiro atoms. The molecule has 3 aromatic rings. The standard InChI is InChI=1S/C29H34N6O5/c1-40-23-7-4-5-19(13-23)14-28(36)34-17-27-24(15-26(34)29(37)32-22-11-9-21(30)10-12-22)31-18-33(27)16-20-6-2-3-8-25(20)35(38)39/h2-8,13,18,21-22,26H,9-12,14-17,30H2,1H3,(H,32,37). The Morgan fingerprint density at radius 3 is 2.67 bits per heavy atom. The van der Waals surface area contributed by atoms with Crippen molar-refractivity contribution in [3.05, 3.63) is 87.5 Å². The molecule has 11 heteroatoms. The van der Waals surface area contributed by atoms with Gasteiger partial charge in [-0.3, -0.25) is 19.7 Å². The van der Waals surface area contributed by atoms with Crippen LogP contribution in [-0.4, -0.2) is 56.4 Å². The topological polar surface area (TPSA) is 146 Å². The van der Waals surface area contributed by atoms with E-state index in [0.29, 0.717) is 11.3 Å². The zero-order valence-corrected chi connectivity index (χ0v) is 22.5. The molecule has 0 radical (unpaired) electrons. The molecular formula is C29H34N6O5. The molecule has 3 N–H and O–H groups in total. The van der Waals surface area contributed by atoms with E-state index in [9.17, 15) is 19.7 Å². The predicted octanol–water partition coefficient (Wildman–Crippen LogP) is 2.73. The van der Waals surface area contributed by atoms with Crippen LogP contribution in [0.4, 0.5) is 5.69 Å². The van der Waals surface area contributed by atoms with Crippen molar-refractivity contribution in [2.24, 2.45) is 5.73 Å². The first-order valence-corrected chi connectivity index (χ1v) is 13.6. The number of imidazole rings is 1. The van der Waals surface area contributed by atoms with E-state index in [2.05, 4.69) is 10.3 Å². The molecule has 1 fully saturated rings. The van der Waals surface area contributed by atoms with Crippen molar-refractivity contribution in [3.63, 3.8) is 0 Å². The molecule has 1 aromatic heterocycles. The smallest absolute Gasteiger partial charge is 0.274 e. The van der Waals surface area contributed by atoms with Crippen molar-refractivity contribution in [1.82, 2.24) is 19.8 Å². The highest BCUT2D eigenvalue weighted by molar-refractivity contribution is 5.89. The summed E-state index contributed by atoms with van der Waals surface area (Å²) < 4.78 is 7.14. The number of nitro benzene ring substituents is 1. The lowest BCUT2D eigenvalue weighted by Crippen LogP contribution is -2.55. The summed E-state index contributed by atoms with van der Waals surface area (Å²) in [7, 11) is 1.57. The van der Waals surface area contributed by atoms with Crippen molar-refractivity contribution < 1.29 is 19.2 Å². The Kier molecular flexibility index (Phi) is 8.11. The summed E-state index contributed by atoms with van der Waals surface area (Å²) in [5.41, 5.74) is 8.87. The summed E-state index contributed by atoms with van der Waals surface area (Å²) in [5.74, 6) is 0.264. The van der Waals surface area contributed by atoms with Crippen molar-refractivity contribution in [2.75, 3.05) is 7.11 Å². The number of aromatic nitrogens is 2. The van der Waals surface area contributed by atoms with Crippen LogP contribution < -0.4 is 15.8 Å². The molecule has 40 heavy (non-hydrogen) atoms. The van der Waals surface area contributed by atoms with Crippen LogP contribution in [0.25, 0.3) is 0 Å². The molecule has 0 saturated heterocycles. The maximum absolute atomic E-state index is 13.7. The van der Waals surface area contributed by atoms with Gasteiger partial charge in [0.1, 0.15) is 11.8 Å². The van der Waals surface area contributed by atoms with Crippen LogP contribution in [0.1, 0.15) is 48.2 Å². The minimum Gasteiger partial charge on any atom is -0.497 e. The van der Waals surface area contributed by atoms with Gasteiger partial charge in [-0.05, 0) is 43.4 Å². The van der Waals surface area contributed by atoms with Crippen LogP contribution in [0.5, 0.6) is 5.75 Å². The zero-order chi connectivity index (χ0) is 28.2. The number of carbonyl (C=O) groups is 2. The highest BCUT2D eigenvalue weighted by atomic mass is 16.6. The van der Waals surface area contributed by atoms with Gasteiger partial charge in [-0.15, -0.1) is 0 Å². The minimum atomic E-state index is -0.712. The van der Waals surface area contributed by atoms with E-state index in [1.165, 1.54) is 6.07 Å². The third-order valence-corrected chi connectivity index (χ3v) is 7.88. The fraction of sp³-hybridized carbons (Fsp3) is 0.414. The molecule has 1 saturated carbocycles. The molecule has 1 aliphatic heterocycles. The first-order valence-electron chi connectivity index (χ1n) is 13.6. The average molecular weight is 547 g/mol. The SMILES string of the molecule is COc1cccc(CC(=O)N2Cc3c(ncn3Cc3ccccc3[N+](=O)[O-])CC2C(=O)NC2CCC(N)CC2)c1. The number of carbonyl (C=O) groups excluding carboxylic acids is 2. The van der Waals surface area contributed by atoms with E-state index < -0.39 is 11.0 Å². The number of amides is 2. The minimum absolute atomic E-state index is 0.0242. The van der Waals surface area contributed by atoms with E-state index in [-0.39, 0.29) is 55.5 Å². The second-order valence-corrected chi connectivity index (χ2v) is 10.5. The number of nitrogens with two attached hydrogens (primary N) is 1. The van der Waals surface area contributed by atoms with Crippen molar-refractivity contribution in [2.45, 2.75) is 69.7 Å². The second-order valence-electron chi connectivity index (χ2n) is 10.5. The average Bonchev–Trinajstić information content (AvgIpc) is 3.35. The molecule has 1 aliphatic carbocycles. The van der Waals surface area contributed by atoms with E-state index in [1.54, 1.807) is 36.5 Å². The Morgan fingerprint density at radius 2 is 1.93 bits per heavy atom. The number of nitrogens with zero attached hydrogens (tertiary/aromatic N) is 4. The van der Waals surface area contributed by atoms with Gasteiger partial charge >= 0.3 is 0 Å². The molecular weight excluding hydrogens is 512 g/mol. The summed E-state index contributed by atoms with van der Waals surface area (Å²) in [5, 5.41) is 14.7. The third kappa shape index (κ3) is 5.99. The number of methoxy groups -OCH3 is 1. The molecule has 2 aromatic carbocycles. The molecule has 2 amide bonds. The predicted molar refractivity (Wildman–Crippen MR) is 148 cm³/mol. The molecule has 1 atom stereocenters. The normalized spacial score (nSPS) is 20.4. The fourth-order valence-corrected chi connectivity index (χ4v) is 5.62. The highest BCUT2D eigenvalue weighted by Crippen LogP contribution is 2.27. The summed E-state index contributed by atoms with van der Waals surface area (Å²) in [4.78, 5) is 44.6. The van der Waals surface area contributed by atoms with Crippen molar-refractivity contribution >= 4 is 17.5 Å². The number of nitrogens with one attached hydrogen (secondary N) is 1. The summed E-state index contributed by atoms with van der Waals surface area (Å²) in [6.45, 7) is 0.406. The summed E-state index contributed by atoms with van der Waals surface area (Å²) in [6, 6.07) is 13.4. The van der Waals surface area contributed by atoms with E-state index in [0.717, 1.165) is 42.6 Å². The number of benzene rings is 2. The molecule has 2 heterocycles. The van der Waals surface area contributed by atoms with Crippen LogP contribution in [0, 0.1) is 10.1 Å². The molecule has 5 rings (SSSR count). The van der Waals surface area contributed by atoms with Crippen molar-refractivity contribution in [1.29, 1.82) is 0 Å². The zero-order valence-electron chi connectivity index (χ0n) is 22.5. The van der Waals surface area contributed by atoms with Crippen LogP contribution in [-0.2, 0) is 35.5 Å². The van der Waals surface area contributed by atoms with Gasteiger partial charge in [0.2, 0.25) is 11.8 Å². The van der Waals surface area contributed by atoms with Gasteiger partial charge in [0.05, 0.1) is 49.3 Å². The Labute approximate surface area is 232 Å². The lowest BCUT2D eigenvalue weighted by molar-refractivity contribution is -0.385. The molecule has 210 valence electrons. The van der Waals surface area contributed by atoms with Gasteiger partial charge in [-0.1, -0.05) is 30.3 Å². The van der Waals surface area contributed by atoms with E-state index in [1.807, 2.05) is 28.8 Å². The van der Waals surface area contributed by atoms with Gasteiger partial charge in [-0.2, -0.15) is 0 Å². The Morgan fingerprint density at radius 1 is 1.15 bits per heavy atom. The van der Waals surface area contributed by atoms with Gasteiger partial charge in [0.25, 0.3) is 5.69 Å². The third-order valence-electron chi connectivity index (χ3n) is 7.88. The molecule has 1 unspecified atom stereocenters. The Balaban J connectivity index is 1.41. The Bertz CT molecular complexity index is 1400. The van der Waals surface area contributed by atoms with E-state index >= 15 is 0 Å². The van der Waals surface area contributed by atoms with E-state index in [4.69, 9.17) is 10.5 Å². The number of nitro groups is 1. The van der Waals surface area contributed by atoms with Gasteiger partial charge in [0, 0.05) is 30.1 Å². The summed E-state index contributed by atoms with van der Waals surface area (Å²) in [6.07, 6.45) is 5.34. The number of ether oxygens (including phenoxy) is 1. The second kappa shape index (κ2) is 11.9. The number of hydrogen-bond acceptors (Lipinski definition) is 7. The summed E-state index contributed by atoms with van der Waals surface area (Å²) >= 11 is 0. The molecule has 2 aliphatic rings. The van der Waals surface area contributed by atoms with Crippen molar-refractivity contribution in [3.8, 4) is 5.75 Å². The van der Waals surface area contributed by atoms with Crippen LogP contribution in [0.15, 0.2) is 54.9 Å². The quantitative estimate of drug-likeness (QED) is 0.326. The van der Waals surface area contributed by atoms with Crippen LogP contribution in [0.2, 0.25) is 0 Å². The number of rotatable bonds is 8. The number of para-hydroxylation sites is 1. The van der Waals surface area contributed by atoms with Crippen LogP contribution in [0.3, 0.4) is 0 Å². The first-order chi connectivity index (χ1) is 19.3. The fourth-order valence-electron chi connectivity index (χ4n) is 5.62. The first kappa shape index (κ1) is 27.3. The number of hydrogen-bond donors (Lipinski definition) is 2. The lowest BCUT2D eigenvalue weighted by atomic mass is 9.91. The highest BCUT2D eigenvalue weighted by Gasteiger charge is 2.38. The maximum atomic E-state index is 13.7. The largest absolute Gasteiger partial charge is 0.497 e. The molecule has 0 bridgehead atoms. The van der Waals surface area contributed by atoms with Crippen LogP contribution >= 0.6 is 0 Å². The number of fused-ring (bicyclic) bond motifs is 1. The maximum Gasteiger partial charge on any atom is 0.274 e. The molecule has 11 nitrogen and oxygen atoms in total. The monoisotopic (exact) mass is 546 g/mol.